The molecule has 4 aliphatic rings. The Bertz CT molecular complexity index is 638. The molecule has 27 heavy (non-hydrogen) atoms. The molecule has 0 unspecified atom stereocenters. The van der Waals surface area contributed by atoms with Crippen molar-refractivity contribution in [1.82, 2.24) is 10.6 Å². The molecule has 5 rings (SSSR count). The lowest BCUT2D eigenvalue weighted by molar-refractivity contribution is -0.126. The molecule has 0 spiro atoms. The number of rotatable bonds is 7. The fourth-order valence-electron chi connectivity index (χ4n) is 5.84. The van der Waals surface area contributed by atoms with Crippen molar-refractivity contribution in [2.75, 3.05) is 6.54 Å². The molecule has 5 heteroatoms. The normalized spacial score (nSPS) is 30.7. The molecule has 0 radical (unpaired) electrons. The highest BCUT2D eigenvalue weighted by Gasteiger charge is 2.51. The molecule has 0 saturated heterocycles. The maximum absolute atomic E-state index is 12.4. The van der Waals surface area contributed by atoms with Crippen molar-refractivity contribution in [1.29, 1.82) is 0 Å². The second-order valence-electron chi connectivity index (χ2n) is 8.84. The summed E-state index contributed by atoms with van der Waals surface area (Å²) in [7, 11) is 0. The molecule has 0 aromatic heterocycles. The van der Waals surface area contributed by atoms with Gasteiger partial charge in [0.1, 0.15) is 6.61 Å². The van der Waals surface area contributed by atoms with Gasteiger partial charge in [0.05, 0.1) is 0 Å². The molecule has 4 fully saturated rings. The van der Waals surface area contributed by atoms with Crippen LogP contribution in [0.2, 0.25) is 0 Å². The zero-order chi connectivity index (χ0) is 18.7. The van der Waals surface area contributed by atoms with Crippen molar-refractivity contribution in [3.63, 3.8) is 0 Å². The maximum atomic E-state index is 12.4. The van der Waals surface area contributed by atoms with Crippen molar-refractivity contribution in [3.8, 4) is 0 Å². The lowest BCUT2D eigenvalue weighted by atomic mass is 9.53. The molecular formula is C22H30N2O3. The summed E-state index contributed by atoms with van der Waals surface area (Å²) in [5.74, 6) is 2.63. The van der Waals surface area contributed by atoms with Crippen molar-refractivity contribution in [3.05, 3.63) is 35.9 Å². The highest BCUT2D eigenvalue weighted by molar-refractivity contribution is 5.77. The van der Waals surface area contributed by atoms with E-state index in [0.29, 0.717) is 19.4 Å². The zero-order valence-electron chi connectivity index (χ0n) is 15.9. The quantitative estimate of drug-likeness (QED) is 0.718. The fourth-order valence-corrected chi connectivity index (χ4v) is 5.84. The predicted octanol–water partition coefficient (Wildman–Crippen LogP) is 3.78. The van der Waals surface area contributed by atoms with Crippen molar-refractivity contribution >= 4 is 12.0 Å². The van der Waals surface area contributed by atoms with E-state index in [-0.39, 0.29) is 18.1 Å². The topological polar surface area (TPSA) is 67.4 Å². The molecule has 1 aromatic carbocycles. The molecule has 2 amide bonds. The van der Waals surface area contributed by atoms with Crippen LogP contribution in [0, 0.1) is 17.8 Å². The van der Waals surface area contributed by atoms with Gasteiger partial charge in [-0.15, -0.1) is 0 Å². The molecule has 1 aromatic rings. The summed E-state index contributed by atoms with van der Waals surface area (Å²) in [5.41, 5.74) is 1.04. The number of carbonyl (C=O) groups excluding carboxylic acids is 2. The number of ether oxygens (including phenoxy) is 1. The van der Waals surface area contributed by atoms with Crippen LogP contribution in [0.5, 0.6) is 0 Å². The average Bonchev–Trinajstić information content (AvgIpc) is 2.63. The Labute approximate surface area is 161 Å². The van der Waals surface area contributed by atoms with Crippen LogP contribution in [-0.2, 0) is 16.1 Å². The van der Waals surface area contributed by atoms with E-state index in [2.05, 4.69) is 10.6 Å². The average molecular weight is 370 g/mol. The van der Waals surface area contributed by atoms with Crippen molar-refractivity contribution in [2.24, 2.45) is 17.8 Å². The highest BCUT2D eigenvalue weighted by Crippen LogP contribution is 2.55. The van der Waals surface area contributed by atoms with E-state index in [4.69, 9.17) is 4.74 Å². The standard InChI is InChI=1S/C22H30N2O3/c25-20(24-22-12-17-9-18(13-22)11-19(10-17)14-22)7-4-8-23-21(26)27-15-16-5-2-1-3-6-16/h1-3,5-6,17-19H,4,7-15H2,(H,23,26)(H,24,25). The number of nitrogens with one attached hydrogen (secondary N) is 2. The first-order chi connectivity index (χ1) is 13.1. The third-order valence-corrected chi connectivity index (χ3v) is 6.51. The Kier molecular flexibility index (Phi) is 5.37. The first-order valence-corrected chi connectivity index (χ1v) is 10.4. The van der Waals surface area contributed by atoms with Gasteiger partial charge in [-0.25, -0.2) is 4.79 Å². The lowest BCUT2D eigenvalue weighted by Crippen LogP contribution is -2.59. The van der Waals surface area contributed by atoms with Gasteiger partial charge in [-0.3, -0.25) is 4.79 Å². The second kappa shape index (κ2) is 7.91. The largest absolute Gasteiger partial charge is 0.445 e. The molecule has 4 saturated carbocycles. The number of hydrogen-bond acceptors (Lipinski definition) is 3. The Hall–Kier alpha value is -2.04. The van der Waals surface area contributed by atoms with Gasteiger partial charge in [-0.1, -0.05) is 30.3 Å². The molecule has 4 bridgehead atoms. The fraction of sp³-hybridized carbons (Fsp3) is 0.636. The molecule has 0 aliphatic heterocycles. The van der Waals surface area contributed by atoms with Gasteiger partial charge in [0.25, 0.3) is 0 Å². The lowest BCUT2D eigenvalue weighted by Gasteiger charge is -2.56. The SMILES string of the molecule is O=C(CCCNC(=O)OCc1ccccc1)NC12CC3CC(CC(C3)C1)C2. The van der Waals surface area contributed by atoms with E-state index in [1.54, 1.807) is 0 Å². The Balaban J connectivity index is 1.13. The van der Waals surface area contributed by atoms with E-state index in [1.165, 1.54) is 38.5 Å². The smallest absolute Gasteiger partial charge is 0.407 e. The number of hydrogen-bond donors (Lipinski definition) is 2. The minimum atomic E-state index is -0.430. The molecule has 4 aliphatic carbocycles. The van der Waals surface area contributed by atoms with Crippen LogP contribution in [-0.4, -0.2) is 24.1 Å². The first kappa shape index (κ1) is 18.3. The first-order valence-electron chi connectivity index (χ1n) is 10.4. The number of alkyl carbamates (subject to hydrolysis) is 1. The number of benzene rings is 1. The van der Waals surface area contributed by atoms with E-state index in [9.17, 15) is 9.59 Å². The predicted molar refractivity (Wildman–Crippen MR) is 103 cm³/mol. The van der Waals surface area contributed by atoms with E-state index in [1.807, 2.05) is 30.3 Å². The molecule has 146 valence electrons. The highest BCUT2D eigenvalue weighted by atomic mass is 16.5. The van der Waals surface area contributed by atoms with Gasteiger partial charge < -0.3 is 15.4 Å². The summed E-state index contributed by atoms with van der Waals surface area (Å²) in [6.45, 7) is 0.723. The molecule has 0 atom stereocenters. The van der Waals surface area contributed by atoms with Gasteiger partial charge in [0.15, 0.2) is 0 Å². The molecule has 5 nitrogen and oxygen atoms in total. The summed E-state index contributed by atoms with van der Waals surface area (Å²) < 4.78 is 5.18. The van der Waals surface area contributed by atoms with E-state index < -0.39 is 6.09 Å². The van der Waals surface area contributed by atoms with Crippen molar-refractivity contribution in [2.45, 2.75) is 63.5 Å². The Morgan fingerprint density at radius 1 is 1.00 bits per heavy atom. The van der Waals surface area contributed by atoms with Crippen LogP contribution < -0.4 is 10.6 Å². The summed E-state index contributed by atoms with van der Waals surface area (Å²) in [4.78, 5) is 24.2. The summed E-state index contributed by atoms with van der Waals surface area (Å²) in [5, 5.41) is 6.10. The van der Waals surface area contributed by atoms with Gasteiger partial charge in [-0.05, 0) is 68.3 Å². The molecular weight excluding hydrogens is 340 g/mol. The van der Waals surface area contributed by atoms with Gasteiger partial charge in [0.2, 0.25) is 5.91 Å². The monoisotopic (exact) mass is 370 g/mol. The third-order valence-electron chi connectivity index (χ3n) is 6.51. The molecule has 2 N–H and O–H groups in total. The van der Waals surface area contributed by atoms with Crippen LogP contribution in [0.3, 0.4) is 0 Å². The Morgan fingerprint density at radius 2 is 1.63 bits per heavy atom. The van der Waals surface area contributed by atoms with E-state index >= 15 is 0 Å². The minimum absolute atomic E-state index is 0.0773. The summed E-state index contributed by atoms with van der Waals surface area (Å²) in [6, 6.07) is 9.60. The summed E-state index contributed by atoms with van der Waals surface area (Å²) in [6.07, 6.45) is 8.33. The second-order valence-corrected chi connectivity index (χ2v) is 8.84. The maximum Gasteiger partial charge on any atom is 0.407 e. The van der Waals surface area contributed by atoms with Crippen LogP contribution in [0.1, 0.15) is 56.9 Å². The van der Waals surface area contributed by atoms with Crippen LogP contribution in [0.25, 0.3) is 0 Å². The van der Waals surface area contributed by atoms with Gasteiger partial charge in [0, 0.05) is 18.5 Å². The van der Waals surface area contributed by atoms with Crippen LogP contribution >= 0.6 is 0 Å². The van der Waals surface area contributed by atoms with Crippen LogP contribution in [0.4, 0.5) is 4.79 Å². The van der Waals surface area contributed by atoms with Crippen molar-refractivity contribution < 1.29 is 14.3 Å². The zero-order valence-corrected chi connectivity index (χ0v) is 15.9. The van der Waals surface area contributed by atoms with Crippen LogP contribution in [0.15, 0.2) is 30.3 Å². The minimum Gasteiger partial charge on any atom is -0.445 e. The number of amides is 2. The molecule has 0 heterocycles. The van der Waals surface area contributed by atoms with Gasteiger partial charge >= 0.3 is 6.09 Å². The van der Waals surface area contributed by atoms with E-state index in [0.717, 1.165) is 23.3 Å². The van der Waals surface area contributed by atoms with Gasteiger partial charge in [-0.2, -0.15) is 0 Å². The summed E-state index contributed by atoms with van der Waals surface area (Å²) >= 11 is 0. The number of carbonyl (C=O) groups is 2. The third kappa shape index (κ3) is 4.63. The Morgan fingerprint density at radius 3 is 2.26 bits per heavy atom.